The Kier molecular flexibility index (Phi) is 6.12. The maximum atomic E-state index is 12.4. The van der Waals surface area contributed by atoms with Crippen LogP contribution in [0.2, 0.25) is 0 Å². The number of hydrogen-bond donors (Lipinski definition) is 1. The average Bonchev–Trinajstić information content (AvgIpc) is 3.50. The molecule has 148 valence electrons. The Labute approximate surface area is 177 Å². The van der Waals surface area contributed by atoms with E-state index >= 15 is 0 Å². The smallest absolute Gasteiger partial charge is 0.223 e. The predicted molar refractivity (Wildman–Crippen MR) is 117 cm³/mol. The van der Waals surface area contributed by atoms with Crippen LogP contribution in [0, 0.1) is 5.92 Å². The van der Waals surface area contributed by atoms with E-state index in [-0.39, 0.29) is 11.8 Å². The standard InChI is InChI=1S/C21H21N5OS2/c1-15(12-16-4-2-10-28-16)21(27)24-8-9-26-20(19-5-3-11-29-19)17(13-25-26)18-14-22-6-7-23-18/h2-7,10-11,13-15H,8-9,12H2,1H3,(H,24,27). The van der Waals surface area contributed by atoms with Crippen LogP contribution in [0.3, 0.4) is 0 Å². The van der Waals surface area contributed by atoms with Crippen LogP contribution in [0.1, 0.15) is 11.8 Å². The molecule has 0 fully saturated rings. The van der Waals surface area contributed by atoms with Crippen molar-refractivity contribution < 1.29 is 4.79 Å². The van der Waals surface area contributed by atoms with Crippen molar-refractivity contribution in [2.24, 2.45) is 5.92 Å². The van der Waals surface area contributed by atoms with E-state index in [4.69, 9.17) is 0 Å². The van der Waals surface area contributed by atoms with Gasteiger partial charge in [0.2, 0.25) is 5.91 Å². The van der Waals surface area contributed by atoms with Crippen molar-refractivity contribution in [2.75, 3.05) is 6.54 Å². The van der Waals surface area contributed by atoms with E-state index < -0.39 is 0 Å². The lowest BCUT2D eigenvalue weighted by molar-refractivity contribution is -0.124. The summed E-state index contributed by atoms with van der Waals surface area (Å²) in [5, 5.41) is 11.7. The quantitative estimate of drug-likeness (QED) is 0.463. The second-order valence-corrected chi connectivity index (χ2v) is 8.65. The fourth-order valence-electron chi connectivity index (χ4n) is 3.14. The molecule has 0 aliphatic rings. The molecule has 1 unspecified atom stereocenters. The predicted octanol–water partition coefficient (Wildman–Crippen LogP) is 4.13. The molecule has 0 aliphatic carbocycles. The molecule has 0 aliphatic heterocycles. The van der Waals surface area contributed by atoms with Gasteiger partial charge in [0.15, 0.2) is 0 Å². The molecule has 29 heavy (non-hydrogen) atoms. The number of amides is 1. The van der Waals surface area contributed by atoms with Crippen molar-refractivity contribution in [1.29, 1.82) is 0 Å². The molecule has 4 aromatic rings. The van der Waals surface area contributed by atoms with Crippen LogP contribution in [0.25, 0.3) is 21.8 Å². The molecule has 4 rings (SSSR count). The lowest BCUT2D eigenvalue weighted by Crippen LogP contribution is -2.32. The SMILES string of the molecule is CC(Cc1cccs1)C(=O)NCCn1ncc(-c2cnccn2)c1-c1cccs1. The number of carbonyl (C=O) groups is 1. The maximum Gasteiger partial charge on any atom is 0.223 e. The molecule has 4 heterocycles. The number of nitrogens with zero attached hydrogens (tertiary/aromatic N) is 4. The minimum absolute atomic E-state index is 0.0572. The highest BCUT2D eigenvalue weighted by molar-refractivity contribution is 7.13. The first-order valence-electron chi connectivity index (χ1n) is 9.38. The third-order valence-corrected chi connectivity index (χ3v) is 6.37. The van der Waals surface area contributed by atoms with Crippen LogP contribution in [-0.2, 0) is 17.8 Å². The molecule has 0 radical (unpaired) electrons. The molecule has 0 bridgehead atoms. The zero-order chi connectivity index (χ0) is 20.1. The fraction of sp³-hybridized carbons (Fsp3) is 0.238. The molecule has 0 spiro atoms. The van der Waals surface area contributed by atoms with Gasteiger partial charge in [-0.25, -0.2) is 0 Å². The van der Waals surface area contributed by atoms with Crippen molar-refractivity contribution >= 4 is 28.6 Å². The molecular weight excluding hydrogens is 402 g/mol. The summed E-state index contributed by atoms with van der Waals surface area (Å²) in [4.78, 5) is 23.4. The number of hydrogen-bond acceptors (Lipinski definition) is 6. The van der Waals surface area contributed by atoms with Gasteiger partial charge < -0.3 is 5.32 Å². The molecule has 0 saturated heterocycles. The van der Waals surface area contributed by atoms with E-state index in [0.29, 0.717) is 13.1 Å². The van der Waals surface area contributed by atoms with Crippen molar-refractivity contribution in [1.82, 2.24) is 25.1 Å². The van der Waals surface area contributed by atoms with Gasteiger partial charge in [0.25, 0.3) is 0 Å². The minimum Gasteiger partial charge on any atom is -0.354 e. The monoisotopic (exact) mass is 423 g/mol. The van der Waals surface area contributed by atoms with Gasteiger partial charge in [-0.3, -0.25) is 19.4 Å². The van der Waals surface area contributed by atoms with Gasteiger partial charge in [-0.05, 0) is 29.3 Å². The molecular formula is C21H21N5OS2. The van der Waals surface area contributed by atoms with E-state index in [1.165, 1.54) is 4.88 Å². The van der Waals surface area contributed by atoms with Crippen molar-refractivity contribution in [3.8, 4) is 21.8 Å². The number of aromatic nitrogens is 4. The molecule has 6 nitrogen and oxygen atoms in total. The van der Waals surface area contributed by atoms with Gasteiger partial charge >= 0.3 is 0 Å². The number of thiophene rings is 2. The first-order valence-corrected chi connectivity index (χ1v) is 11.1. The van der Waals surface area contributed by atoms with Gasteiger partial charge in [-0.1, -0.05) is 19.1 Å². The fourth-order valence-corrected chi connectivity index (χ4v) is 4.76. The van der Waals surface area contributed by atoms with Crippen molar-refractivity contribution in [3.63, 3.8) is 0 Å². The summed E-state index contributed by atoms with van der Waals surface area (Å²) in [5.74, 6) is 0.00979. The second kappa shape index (κ2) is 9.11. The summed E-state index contributed by atoms with van der Waals surface area (Å²) in [6, 6.07) is 8.17. The van der Waals surface area contributed by atoms with Crippen LogP contribution in [0.4, 0.5) is 0 Å². The van der Waals surface area contributed by atoms with Gasteiger partial charge in [0, 0.05) is 35.3 Å². The first kappa shape index (κ1) is 19.5. The number of rotatable bonds is 8. The summed E-state index contributed by atoms with van der Waals surface area (Å²) in [6.45, 7) is 3.07. The molecule has 1 N–H and O–H groups in total. The Hall–Kier alpha value is -2.84. The number of nitrogens with one attached hydrogen (secondary N) is 1. The van der Waals surface area contributed by atoms with Gasteiger partial charge in [0.1, 0.15) is 0 Å². The summed E-state index contributed by atoms with van der Waals surface area (Å²) >= 11 is 3.34. The minimum atomic E-state index is -0.0572. The largest absolute Gasteiger partial charge is 0.354 e. The number of carbonyl (C=O) groups excluding carboxylic acids is 1. The van der Waals surface area contributed by atoms with Gasteiger partial charge in [-0.2, -0.15) is 5.10 Å². The topological polar surface area (TPSA) is 72.7 Å². The molecule has 8 heteroatoms. The van der Waals surface area contributed by atoms with Crippen LogP contribution >= 0.6 is 22.7 Å². The highest BCUT2D eigenvalue weighted by Crippen LogP contribution is 2.33. The van der Waals surface area contributed by atoms with Crippen LogP contribution in [0.15, 0.2) is 59.8 Å². The average molecular weight is 424 g/mol. The third-order valence-electron chi connectivity index (χ3n) is 4.59. The summed E-state index contributed by atoms with van der Waals surface area (Å²) in [6.07, 6.45) is 7.67. The Morgan fingerprint density at radius 3 is 2.76 bits per heavy atom. The maximum absolute atomic E-state index is 12.4. The Morgan fingerprint density at radius 1 is 1.17 bits per heavy atom. The summed E-state index contributed by atoms with van der Waals surface area (Å²) in [7, 11) is 0. The third kappa shape index (κ3) is 4.60. The van der Waals surface area contributed by atoms with Crippen molar-refractivity contribution in [2.45, 2.75) is 19.9 Å². The summed E-state index contributed by atoms with van der Waals surface area (Å²) < 4.78 is 1.93. The second-order valence-electron chi connectivity index (χ2n) is 6.67. The van der Waals surface area contributed by atoms with E-state index in [2.05, 4.69) is 32.5 Å². The van der Waals surface area contributed by atoms with Crippen LogP contribution in [-0.4, -0.2) is 32.2 Å². The van der Waals surface area contributed by atoms with Crippen molar-refractivity contribution in [3.05, 3.63) is 64.7 Å². The highest BCUT2D eigenvalue weighted by Gasteiger charge is 2.18. The Bertz CT molecular complexity index is 1040. The molecule has 1 atom stereocenters. The van der Waals surface area contributed by atoms with Crippen LogP contribution in [0.5, 0.6) is 0 Å². The lowest BCUT2D eigenvalue weighted by Gasteiger charge is -2.13. The van der Waals surface area contributed by atoms with Crippen LogP contribution < -0.4 is 5.32 Å². The van der Waals surface area contributed by atoms with E-state index in [0.717, 1.165) is 28.2 Å². The normalized spacial score (nSPS) is 12.0. The van der Waals surface area contributed by atoms with E-state index in [9.17, 15) is 4.79 Å². The Balaban J connectivity index is 1.45. The molecule has 1 amide bonds. The zero-order valence-electron chi connectivity index (χ0n) is 16.0. The lowest BCUT2D eigenvalue weighted by atomic mass is 10.1. The highest BCUT2D eigenvalue weighted by atomic mass is 32.1. The molecule has 4 aromatic heterocycles. The van der Waals surface area contributed by atoms with Gasteiger partial charge in [0.05, 0.1) is 35.2 Å². The Morgan fingerprint density at radius 2 is 2.03 bits per heavy atom. The zero-order valence-corrected chi connectivity index (χ0v) is 17.6. The molecule has 0 aromatic carbocycles. The van der Waals surface area contributed by atoms with E-state index in [1.807, 2.05) is 40.7 Å². The molecule has 0 saturated carbocycles. The summed E-state index contributed by atoms with van der Waals surface area (Å²) in [5.41, 5.74) is 2.73. The first-order chi connectivity index (χ1) is 14.2. The van der Waals surface area contributed by atoms with E-state index in [1.54, 1.807) is 41.3 Å². The van der Waals surface area contributed by atoms with Gasteiger partial charge in [-0.15, -0.1) is 22.7 Å².